The topological polar surface area (TPSA) is 59.6 Å². The van der Waals surface area contributed by atoms with Crippen molar-refractivity contribution in [2.45, 2.75) is 57.0 Å². The van der Waals surface area contributed by atoms with E-state index in [-0.39, 0.29) is 49.9 Å². The summed E-state index contributed by atoms with van der Waals surface area (Å²) in [4.78, 5) is 11.9. The zero-order valence-electron chi connectivity index (χ0n) is 15.6. The SMILES string of the molecule is COc1cc(O[C@H]2CC[C@H](C(F)(F)F)CC2)c(F)cc1CNC(=O)[C@@H]1CCN1. The largest absolute Gasteiger partial charge is 0.496 e. The summed E-state index contributed by atoms with van der Waals surface area (Å²) in [6.45, 7) is 0.904. The van der Waals surface area contributed by atoms with Crippen molar-refractivity contribution in [3.63, 3.8) is 0 Å². The zero-order valence-corrected chi connectivity index (χ0v) is 15.6. The number of rotatable bonds is 6. The second-order valence-electron chi connectivity index (χ2n) is 7.24. The van der Waals surface area contributed by atoms with Gasteiger partial charge in [-0.3, -0.25) is 4.79 Å². The highest BCUT2D eigenvalue weighted by Crippen LogP contribution is 2.39. The summed E-state index contributed by atoms with van der Waals surface area (Å²) in [6.07, 6.45) is -3.50. The highest BCUT2D eigenvalue weighted by Gasteiger charge is 2.41. The summed E-state index contributed by atoms with van der Waals surface area (Å²) in [7, 11) is 1.42. The van der Waals surface area contributed by atoms with E-state index in [0.717, 1.165) is 13.0 Å². The molecule has 0 radical (unpaired) electrons. The second kappa shape index (κ2) is 8.55. The first-order valence-corrected chi connectivity index (χ1v) is 9.38. The molecule has 1 saturated carbocycles. The van der Waals surface area contributed by atoms with Crippen LogP contribution in [0, 0.1) is 11.7 Å². The number of hydrogen-bond acceptors (Lipinski definition) is 4. The van der Waals surface area contributed by atoms with Gasteiger partial charge in [0.05, 0.1) is 25.2 Å². The maximum atomic E-state index is 14.5. The molecule has 0 spiro atoms. The molecule has 1 saturated heterocycles. The van der Waals surface area contributed by atoms with Crippen molar-refractivity contribution in [3.8, 4) is 11.5 Å². The third-order valence-electron chi connectivity index (χ3n) is 5.36. The second-order valence-corrected chi connectivity index (χ2v) is 7.24. The van der Waals surface area contributed by atoms with Gasteiger partial charge >= 0.3 is 6.18 Å². The van der Waals surface area contributed by atoms with Gasteiger partial charge in [0.25, 0.3) is 0 Å². The van der Waals surface area contributed by atoms with E-state index in [4.69, 9.17) is 9.47 Å². The zero-order chi connectivity index (χ0) is 20.3. The highest BCUT2D eigenvalue weighted by molar-refractivity contribution is 5.82. The van der Waals surface area contributed by atoms with Crippen molar-refractivity contribution < 1.29 is 31.8 Å². The van der Waals surface area contributed by atoms with E-state index < -0.39 is 24.0 Å². The molecule has 3 rings (SSSR count). The monoisotopic (exact) mass is 404 g/mol. The Labute approximate surface area is 160 Å². The normalized spacial score (nSPS) is 25.0. The molecule has 2 fully saturated rings. The van der Waals surface area contributed by atoms with Crippen LogP contribution >= 0.6 is 0 Å². The van der Waals surface area contributed by atoms with Crippen LogP contribution in [0.3, 0.4) is 0 Å². The average molecular weight is 404 g/mol. The average Bonchev–Trinajstić information content (AvgIpc) is 2.60. The lowest BCUT2D eigenvalue weighted by atomic mass is 9.87. The number of benzene rings is 1. The maximum Gasteiger partial charge on any atom is 0.391 e. The minimum atomic E-state index is -4.19. The van der Waals surface area contributed by atoms with Gasteiger partial charge in [0, 0.05) is 18.2 Å². The lowest BCUT2D eigenvalue weighted by Crippen LogP contribution is -2.52. The Morgan fingerprint density at radius 2 is 1.86 bits per heavy atom. The van der Waals surface area contributed by atoms with Gasteiger partial charge in [0.1, 0.15) is 5.75 Å². The molecular weight excluding hydrogens is 380 g/mol. The number of hydrogen-bond donors (Lipinski definition) is 2. The summed E-state index contributed by atoms with van der Waals surface area (Å²) in [6, 6.07) is 2.39. The van der Waals surface area contributed by atoms with Crippen molar-refractivity contribution in [3.05, 3.63) is 23.5 Å². The van der Waals surface area contributed by atoms with Crippen molar-refractivity contribution >= 4 is 5.91 Å². The van der Waals surface area contributed by atoms with E-state index in [2.05, 4.69) is 10.6 Å². The van der Waals surface area contributed by atoms with Crippen molar-refractivity contribution in [1.82, 2.24) is 10.6 Å². The summed E-state index contributed by atoms with van der Waals surface area (Å²) in [5.74, 6) is -1.81. The van der Waals surface area contributed by atoms with E-state index in [0.29, 0.717) is 11.3 Å². The lowest BCUT2D eigenvalue weighted by molar-refractivity contribution is -0.185. The van der Waals surface area contributed by atoms with Crippen LogP contribution in [0.25, 0.3) is 0 Å². The number of ether oxygens (including phenoxy) is 2. The molecule has 156 valence electrons. The molecule has 1 aromatic carbocycles. The quantitative estimate of drug-likeness (QED) is 0.715. The van der Waals surface area contributed by atoms with Crippen LogP contribution < -0.4 is 20.1 Å². The molecule has 1 aliphatic carbocycles. The first-order valence-electron chi connectivity index (χ1n) is 9.38. The molecule has 1 heterocycles. The molecule has 28 heavy (non-hydrogen) atoms. The standard InChI is InChI=1S/C19H24F4N2O3/c1-27-16-9-17(28-13-4-2-12(3-5-13)19(21,22)23)14(20)8-11(16)10-25-18(26)15-6-7-24-15/h8-9,12-13,15,24H,2-7,10H2,1H3,(H,25,26)/t12-,13-,15-/m0/s1. The van der Waals surface area contributed by atoms with Crippen LogP contribution in [-0.4, -0.2) is 37.9 Å². The number of methoxy groups -OCH3 is 1. The van der Waals surface area contributed by atoms with E-state index in [9.17, 15) is 22.4 Å². The molecule has 0 aromatic heterocycles. The van der Waals surface area contributed by atoms with Crippen molar-refractivity contribution in [2.75, 3.05) is 13.7 Å². The molecule has 5 nitrogen and oxygen atoms in total. The predicted molar refractivity (Wildman–Crippen MR) is 93.6 cm³/mol. The molecule has 1 aliphatic heterocycles. The Kier molecular flexibility index (Phi) is 6.32. The van der Waals surface area contributed by atoms with Crippen LogP contribution in [-0.2, 0) is 11.3 Å². The van der Waals surface area contributed by atoms with Gasteiger partial charge in [-0.1, -0.05) is 0 Å². The summed E-state index contributed by atoms with van der Waals surface area (Å²) >= 11 is 0. The minimum Gasteiger partial charge on any atom is -0.496 e. The number of alkyl halides is 3. The third kappa shape index (κ3) is 4.87. The summed E-state index contributed by atoms with van der Waals surface area (Å²) in [5.41, 5.74) is 0.459. The number of carbonyl (C=O) groups excluding carboxylic acids is 1. The van der Waals surface area contributed by atoms with E-state index in [1.54, 1.807) is 0 Å². The van der Waals surface area contributed by atoms with Crippen LogP contribution in [0.4, 0.5) is 17.6 Å². The van der Waals surface area contributed by atoms with Crippen molar-refractivity contribution in [1.29, 1.82) is 0 Å². The van der Waals surface area contributed by atoms with Gasteiger partial charge in [0.15, 0.2) is 11.6 Å². The van der Waals surface area contributed by atoms with Gasteiger partial charge in [-0.2, -0.15) is 13.2 Å². The fourth-order valence-corrected chi connectivity index (χ4v) is 3.50. The van der Waals surface area contributed by atoms with Crippen LogP contribution in [0.2, 0.25) is 0 Å². The smallest absolute Gasteiger partial charge is 0.391 e. The Morgan fingerprint density at radius 1 is 1.18 bits per heavy atom. The van der Waals surface area contributed by atoms with Crippen molar-refractivity contribution in [2.24, 2.45) is 5.92 Å². The first-order chi connectivity index (χ1) is 13.3. The predicted octanol–water partition coefficient (Wildman–Crippen LogP) is 3.31. The number of carbonyl (C=O) groups is 1. The Hall–Kier alpha value is -2.03. The van der Waals surface area contributed by atoms with Gasteiger partial charge in [-0.25, -0.2) is 4.39 Å². The lowest BCUT2D eigenvalue weighted by Gasteiger charge is -2.30. The molecular formula is C19H24F4N2O3. The summed E-state index contributed by atoms with van der Waals surface area (Å²) < 4.78 is 63.6. The first kappa shape index (κ1) is 20.7. The van der Waals surface area contributed by atoms with E-state index in [1.807, 2.05) is 0 Å². The van der Waals surface area contributed by atoms with Gasteiger partial charge in [-0.05, 0) is 44.7 Å². The molecule has 1 aromatic rings. The van der Waals surface area contributed by atoms with Gasteiger partial charge in [-0.15, -0.1) is 0 Å². The number of halogens is 4. The number of amides is 1. The number of nitrogens with one attached hydrogen (secondary N) is 2. The van der Waals surface area contributed by atoms with Crippen LogP contribution in [0.5, 0.6) is 11.5 Å². The molecule has 9 heteroatoms. The van der Waals surface area contributed by atoms with Gasteiger partial charge in [0.2, 0.25) is 5.91 Å². The summed E-state index contributed by atoms with van der Waals surface area (Å²) in [5, 5.41) is 5.71. The highest BCUT2D eigenvalue weighted by atomic mass is 19.4. The molecule has 1 atom stereocenters. The molecule has 1 amide bonds. The fourth-order valence-electron chi connectivity index (χ4n) is 3.50. The van der Waals surface area contributed by atoms with E-state index >= 15 is 0 Å². The molecule has 2 N–H and O–H groups in total. The Bertz CT molecular complexity index is 699. The maximum absolute atomic E-state index is 14.5. The molecule has 2 aliphatic rings. The van der Waals surface area contributed by atoms with Gasteiger partial charge < -0.3 is 20.1 Å². The van der Waals surface area contributed by atoms with Crippen LogP contribution in [0.1, 0.15) is 37.7 Å². The molecule has 0 unspecified atom stereocenters. The third-order valence-corrected chi connectivity index (χ3v) is 5.36. The molecule has 0 bridgehead atoms. The minimum absolute atomic E-state index is 0.0216. The van der Waals surface area contributed by atoms with E-state index in [1.165, 1.54) is 19.2 Å². The van der Waals surface area contributed by atoms with Crippen LogP contribution in [0.15, 0.2) is 12.1 Å². The Balaban J connectivity index is 1.60. The Morgan fingerprint density at radius 3 is 2.39 bits per heavy atom. The fraction of sp³-hybridized carbons (Fsp3) is 0.632.